The van der Waals surface area contributed by atoms with Crippen LogP contribution in [-0.2, 0) is 10.3 Å². The SMILES string of the molecule is CC(=O)N(C)C1(c2nnnn2-c2ccc(C)cc2)CCCCC1. The van der Waals surface area contributed by atoms with Crippen LogP contribution in [0.15, 0.2) is 24.3 Å². The summed E-state index contributed by atoms with van der Waals surface area (Å²) in [6.07, 6.45) is 5.15. The molecule has 0 aliphatic heterocycles. The molecule has 1 saturated carbocycles. The number of carbonyl (C=O) groups excluding carboxylic acids is 1. The molecule has 6 nitrogen and oxygen atoms in total. The van der Waals surface area contributed by atoms with Crippen LogP contribution in [0.2, 0.25) is 0 Å². The molecule has 0 spiro atoms. The van der Waals surface area contributed by atoms with Crippen molar-refractivity contribution in [3.05, 3.63) is 35.7 Å². The summed E-state index contributed by atoms with van der Waals surface area (Å²) < 4.78 is 1.78. The van der Waals surface area contributed by atoms with Crippen LogP contribution >= 0.6 is 0 Å². The third-order valence-corrected chi connectivity index (χ3v) is 4.96. The Balaban J connectivity index is 2.09. The van der Waals surface area contributed by atoms with Gasteiger partial charge >= 0.3 is 0 Å². The van der Waals surface area contributed by atoms with E-state index in [0.717, 1.165) is 37.2 Å². The number of benzene rings is 1. The predicted molar refractivity (Wildman–Crippen MR) is 87.1 cm³/mol. The Morgan fingerprint density at radius 3 is 2.43 bits per heavy atom. The fourth-order valence-electron chi connectivity index (χ4n) is 3.48. The van der Waals surface area contributed by atoms with Gasteiger partial charge in [0, 0.05) is 14.0 Å². The third-order valence-electron chi connectivity index (χ3n) is 4.96. The topological polar surface area (TPSA) is 63.9 Å². The number of rotatable bonds is 3. The van der Waals surface area contributed by atoms with E-state index < -0.39 is 5.54 Å². The molecule has 0 unspecified atom stereocenters. The van der Waals surface area contributed by atoms with Crippen LogP contribution in [-0.4, -0.2) is 38.1 Å². The van der Waals surface area contributed by atoms with Gasteiger partial charge in [-0.1, -0.05) is 37.0 Å². The fraction of sp³-hybridized carbons (Fsp3) is 0.529. The van der Waals surface area contributed by atoms with E-state index in [9.17, 15) is 4.79 Å². The molecule has 1 aliphatic rings. The van der Waals surface area contributed by atoms with Crippen molar-refractivity contribution in [2.24, 2.45) is 0 Å². The number of amides is 1. The van der Waals surface area contributed by atoms with Gasteiger partial charge in [-0.25, -0.2) is 0 Å². The van der Waals surface area contributed by atoms with Gasteiger partial charge in [-0.15, -0.1) is 5.10 Å². The summed E-state index contributed by atoms with van der Waals surface area (Å²) in [5, 5.41) is 12.4. The molecule has 1 fully saturated rings. The molecule has 0 N–H and O–H groups in total. The Morgan fingerprint density at radius 1 is 1.17 bits per heavy atom. The van der Waals surface area contributed by atoms with Crippen LogP contribution in [0.5, 0.6) is 0 Å². The highest BCUT2D eigenvalue weighted by Crippen LogP contribution is 2.41. The van der Waals surface area contributed by atoms with E-state index in [1.165, 1.54) is 12.0 Å². The first-order valence-electron chi connectivity index (χ1n) is 8.15. The Hall–Kier alpha value is -2.24. The van der Waals surface area contributed by atoms with Crippen LogP contribution in [0.25, 0.3) is 5.69 Å². The van der Waals surface area contributed by atoms with Gasteiger partial charge in [0.2, 0.25) is 5.91 Å². The summed E-state index contributed by atoms with van der Waals surface area (Å²) >= 11 is 0. The molecule has 0 radical (unpaired) electrons. The second-order valence-corrected chi connectivity index (χ2v) is 6.42. The number of aryl methyl sites for hydroxylation is 1. The van der Waals surface area contributed by atoms with E-state index in [1.54, 1.807) is 11.6 Å². The van der Waals surface area contributed by atoms with Crippen molar-refractivity contribution in [2.75, 3.05) is 7.05 Å². The zero-order valence-corrected chi connectivity index (χ0v) is 14.0. The molecule has 1 amide bonds. The molecule has 1 heterocycles. The lowest BCUT2D eigenvalue weighted by molar-refractivity contribution is -0.135. The number of hydrogen-bond donors (Lipinski definition) is 0. The normalized spacial score (nSPS) is 17.0. The van der Waals surface area contributed by atoms with Crippen LogP contribution in [0.1, 0.15) is 50.4 Å². The van der Waals surface area contributed by atoms with Crippen LogP contribution in [0.4, 0.5) is 0 Å². The highest BCUT2D eigenvalue weighted by atomic mass is 16.2. The Morgan fingerprint density at radius 2 is 1.83 bits per heavy atom. The van der Waals surface area contributed by atoms with Crippen molar-refractivity contribution in [1.29, 1.82) is 0 Å². The first-order chi connectivity index (χ1) is 11.0. The Bertz CT molecular complexity index is 685. The number of hydrogen-bond acceptors (Lipinski definition) is 4. The lowest BCUT2D eigenvalue weighted by Crippen LogP contribution is -2.49. The molecule has 23 heavy (non-hydrogen) atoms. The van der Waals surface area contributed by atoms with Crippen LogP contribution in [0.3, 0.4) is 0 Å². The van der Waals surface area contributed by atoms with E-state index in [0.29, 0.717) is 0 Å². The second kappa shape index (κ2) is 6.10. The first kappa shape index (κ1) is 15.6. The second-order valence-electron chi connectivity index (χ2n) is 6.42. The fourth-order valence-corrected chi connectivity index (χ4v) is 3.48. The maximum Gasteiger partial charge on any atom is 0.220 e. The van der Waals surface area contributed by atoms with E-state index in [1.807, 2.05) is 36.2 Å². The van der Waals surface area contributed by atoms with Gasteiger partial charge in [0.05, 0.1) is 5.69 Å². The van der Waals surface area contributed by atoms with E-state index in [-0.39, 0.29) is 5.91 Å². The molecule has 0 bridgehead atoms. The van der Waals surface area contributed by atoms with Gasteiger partial charge in [-0.05, 0) is 42.3 Å². The van der Waals surface area contributed by atoms with Gasteiger partial charge < -0.3 is 4.90 Å². The zero-order chi connectivity index (χ0) is 16.4. The molecule has 122 valence electrons. The zero-order valence-electron chi connectivity index (χ0n) is 14.0. The van der Waals surface area contributed by atoms with Gasteiger partial charge in [-0.2, -0.15) is 4.68 Å². The highest BCUT2D eigenvalue weighted by Gasteiger charge is 2.43. The number of carbonyl (C=O) groups is 1. The van der Waals surface area contributed by atoms with Crippen molar-refractivity contribution in [3.8, 4) is 5.69 Å². The molecule has 0 saturated heterocycles. The summed E-state index contributed by atoms with van der Waals surface area (Å²) in [4.78, 5) is 13.9. The van der Waals surface area contributed by atoms with E-state index in [2.05, 4.69) is 22.4 Å². The van der Waals surface area contributed by atoms with Crippen LogP contribution in [0, 0.1) is 6.92 Å². The minimum absolute atomic E-state index is 0.0466. The summed E-state index contributed by atoms with van der Waals surface area (Å²) in [5.74, 6) is 0.809. The van der Waals surface area contributed by atoms with Crippen LogP contribution < -0.4 is 0 Å². The number of tetrazole rings is 1. The molecule has 3 rings (SSSR count). The maximum atomic E-state index is 12.1. The highest BCUT2D eigenvalue weighted by molar-refractivity contribution is 5.74. The molecule has 6 heteroatoms. The molecule has 1 aromatic heterocycles. The van der Waals surface area contributed by atoms with Crippen molar-refractivity contribution in [2.45, 2.75) is 51.5 Å². The smallest absolute Gasteiger partial charge is 0.220 e. The Kier molecular flexibility index (Phi) is 4.15. The van der Waals surface area contributed by atoms with Crippen molar-refractivity contribution in [3.63, 3.8) is 0 Å². The largest absolute Gasteiger partial charge is 0.333 e. The lowest BCUT2D eigenvalue weighted by atomic mass is 9.79. The quantitative estimate of drug-likeness (QED) is 0.874. The van der Waals surface area contributed by atoms with Gasteiger partial charge in [0.15, 0.2) is 5.82 Å². The van der Waals surface area contributed by atoms with E-state index in [4.69, 9.17) is 0 Å². The number of nitrogens with zero attached hydrogens (tertiary/aromatic N) is 5. The molecule has 2 aromatic rings. The molecule has 0 atom stereocenters. The predicted octanol–water partition coefficient (Wildman–Crippen LogP) is 2.61. The van der Waals surface area contributed by atoms with Gasteiger partial charge in [0.1, 0.15) is 5.54 Å². The monoisotopic (exact) mass is 313 g/mol. The average molecular weight is 313 g/mol. The molecule has 1 aliphatic carbocycles. The summed E-state index contributed by atoms with van der Waals surface area (Å²) in [6, 6.07) is 8.12. The van der Waals surface area contributed by atoms with E-state index >= 15 is 0 Å². The number of aromatic nitrogens is 4. The minimum atomic E-state index is -0.418. The molecular formula is C17H23N5O. The summed E-state index contributed by atoms with van der Waals surface area (Å²) in [6.45, 7) is 3.66. The van der Waals surface area contributed by atoms with Crippen molar-refractivity contribution < 1.29 is 4.79 Å². The minimum Gasteiger partial charge on any atom is -0.333 e. The van der Waals surface area contributed by atoms with Gasteiger partial charge in [-0.3, -0.25) is 4.79 Å². The first-order valence-corrected chi connectivity index (χ1v) is 8.15. The van der Waals surface area contributed by atoms with Crippen molar-refractivity contribution in [1.82, 2.24) is 25.1 Å². The third kappa shape index (κ3) is 2.73. The average Bonchev–Trinajstić information content (AvgIpc) is 3.05. The molecule has 1 aromatic carbocycles. The summed E-state index contributed by atoms with van der Waals surface area (Å²) in [7, 11) is 1.86. The lowest BCUT2D eigenvalue weighted by Gasteiger charge is -2.42. The summed E-state index contributed by atoms with van der Waals surface area (Å²) in [5.41, 5.74) is 1.70. The van der Waals surface area contributed by atoms with Gasteiger partial charge in [0.25, 0.3) is 0 Å². The molecular weight excluding hydrogens is 290 g/mol. The standard InChI is InChI=1S/C17H23N5O/c1-13-7-9-15(10-8-13)22-16(18-19-20-22)17(21(3)14(2)23)11-5-4-6-12-17/h7-10H,4-6,11-12H2,1-3H3. The van der Waals surface area contributed by atoms with Crippen molar-refractivity contribution >= 4 is 5.91 Å². The maximum absolute atomic E-state index is 12.1. The Labute approximate surface area is 136 Å².